The summed E-state index contributed by atoms with van der Waals surface area (Å²) in [6, 6.07) is 3.93. The monoisotopic (exact) mass is 439 g/mol. The van der Waals surface area contributed by atoms with Crippen LogP contribution in [0.3, 0.4) is 0 Å². The van der Waals surface area contributed by atoms with Crippen LogP contribution in [0, 0.1) is 5.92 Å². The topological polar surface area (TPSA) is 63.9 Å². The Balaban J connectivity index is 1.36. The highest BCUT2D eigenvalue weighted by Crippen LogP contribution is 2.37. The van der Waals surface area contributed by atoms with Crippen molar-refractivity contribution in [1.29, 1.82) is 0 Å². The van der Waals surface area contributed by atoms with Crippen molar-refractivity contribution in [3.8, 4) is 11.3 Å². The van der Waals surface area contributed by atoms with E-state index < -0.39 is 5.92 Å². The number of hydrogen-bond acceptors (Lipinski definition) is 5. The van der Waals surface area contributed by atoms with Gasteiger partial charge < -0.3 is 0 Å². The van der Waals surface area contributed by atoms with E-state index in [9.17, 15) is 13.6 Å². The van der Waals surface area contributed by atoms with Crippen LogP contribution >= 0.6 is 0 Å². The summed E-state index contributed by atoms with van der Waals surface area (Å²) in [5.74, 6) is -2.91. The van der Waals surface area contributed by atoms with Gasteiger partial charge in [-0.1, -0.05) is 0 Å². The fourth-order valence-electron chi connectivity index (χ4n) is 4.63. The minimum absolute atomic E-state index is 0.00530. The van der Waals surface area contributed by atoms with Crippen LogP contribution in [-0.4, -0.2) is 49.4 Å². The van der Waals surface area contributed by atoms with Crippen LogP contribution in [0.4, 0.5) is 8.78 Å². The Hall–Kier alpha value is -2.74. The fraction of sp³-hybridized carbons (Fsp3) is 0.500. The molecule has 0 unspecified atom stereocenters. The molecule has 0 atom stereocenters. The third kappa shape index (κ3) is 4.28. The Labute approximate surface area is 185 Å². The first kappa shape index (κ1) is 21.1. The average Bonchev–Trinajstić information content (AvgIpc) is 3.10. The molecule has 32 heavy (non-hydrogen) atoms. The summed E-state index contributed by atoms with van der Waals surface area (Å²) in [5, 5.41) is 6.30. The molecule has 0 N–H and O–H groups in total. The lowest BCUT2D eigenvalue weighted by Crippen LogP contribution is -2.37. The minimum Gasteiger partial charge on any atom is -0.299 e. The summed E-state index contributed by atoms with van der Waals surface area (Å²) < 4.78 is 28.7. The summed E-state index contributed by atoms with van der Waals surface area (Å²) in [6.45, 7) is 3.07. The Bertz CT molecular complexity index is 1140. The lowest BCUT2D eigenvalue weighted by atomic mass is 9.83. The number of ketones is 1. The number of carbonyl (C=O) groups excluding carboxylic acids is 1. The van der Waals surface area contributed by atoms with Gasteiger partial charge in [-0.2, -0.15) is 5.10 Å². The number of aromatic nitrogens is 4. The Morgan fingerprint density at radius 1 is 1.09 bits per heavy atom. The largest absolute Gasteiger partial charge is 0.299 e. The number of rotatable bonds is 6. The first-order valence-corrected chi connectivity index (χ1v) is 11.3. The van der Waals surface area contributed by atoms with Gasteiger partial charge in [0.05, 0.1) is 17.6 Å². The summed E-state index contributed by atoms with van der Waals surface area (Å²) >= 11 is 0. The molecule has 3 aromatic rings. The van der Waals surface area contributed by atoms with Gasteiger partial charge in [-0.25, -0.2) is 8.78 Å². The van der Waals surface area contributed by atoms with Crippen molar-refractivity contribution in [3.05, 3.63) is 42.1 Å². The van der Waals surface area contributed by atoms with Gasteiger partial charge in [-0.15, -0.1) is 0 Å². The molecule has 1 saturated heterocycles. The van der Waals surface area contributed by atoms with Gasteiger partial charge in [-0.3, -0.25) is 24.3 Å². The van der Waals surface area contributed by atoms with Crippen LogP contribution in [-0.2, 0) is 24.8 Å². The van der Waals surface area contributed by atoms with Gasteiger partial charge in [0.1, 0.15) is 5.78 Å². The molecule has 168 valence electrons. The molecule has 6 nitrogen and oxygen atoms in total. The van der Waals surface area contributed by atoms with Gasteiger partial charge in [-0.05, 0) is 49.9 Å². The van der Waals surface area contributed by atoms with Gasteiger partial charge in [0, 0.05) is 67.8 Å². The Morgan fingerprint density at radius 2 is 1.84 bits per heavy atom. The molecule has 1 aliphatic carbocycles. The second kappa shape index (κ2) is 8.31. The standard InChI is InChI=1S/C24H27F2N5O/c1-30-22(15-31-7-2-8-31)20(14-29-30)21-10-17-9-19(27-12-18(17)13-28-21)11-23(32)16-3-5-24(25,26)6-4-16/h9-10,12-14,16H,2-8,11,15H2,1H3. The number of aryl methyl sites for hydroxylation is 1. The van der Waals surface area contributed by atoms with Gasteiger partial charge >= 0.3 is 0 Å². The summed E-state index contributed by atoms with van der Waals surface area (Å²) in [6.07, 6.45) is 6.91. The summed E-state index contributed by atoms with van der Waals surface area (Å²) in [7, 11) is 1.95. The quantitative estimate of drug-likeness (QED) is 0.577. The molecule has 1 aliphatic heterocycles. The highest BCUT2D eigenvalue weighted by Gasteiger charge is 2.37. The van der Waals surface area contributed by atoms with E-state index in [0.717, 1.165) is 47.4 Å². The van der Waals surface area contributed by atoms with Crippen molar-refractivity contribution in [2.75, 3.05) is 13.1 Å². The average molecular weight is 440 g/mol. The molecule has 0 spiro atoms. The third-order valence-corrected chi connectivity index (χ3v) is 6.85. The van der Waals surface area contributed by atoms with E-state index in [-0.39, 0.29) is 43.8 Å². The van der Waals surface area contributed by atoms with Crippen LogP contribution < -0.4 is 0 Å². The smallest absolute Gasteiger partial charge is 0.248 e. The molecule has 0 aromatic carbocycles. The Kier molecular flexibility index (Phi) is 5.49. The molecule has 0 amide bonds. The first-order valence-electron chi connectivity index (χ1n) is 11.3. The van der Waals surface area contributed by atoms with E-state index in [1.165, 1.54) is 6.42 Å². The molecule has 2 aliphatic rings. The van der Waals surface area contributed by atoms with Crippen LogP contribution in [0.2, 0.25) is 0 Å². The lowest BCUT2D eigenvalue weighted by Gasteiger charge is -2.30. The number of pyridine rings is 2. The summed E-state index contributed by atoms with van der Waals surface area (Å²) in [5.41, 5.74) is 3.66. The molecule has 3 aromatic heterocycles. The van der Waals surface area contributed by atoms with E-state index in [2.05, 4.69) is 20.0 Å². The second-order valence-corrected chi connectivity index (χ2v) is 9.12. The molecule has 8 heteroatoms. The highest BCUT2D eigenvalue weighted by atomic mass is 19.3. The zero-order chi connectivity index (χ0) is 22.3. The van der Waals surface area contributed by atoms with E-state index >= 15 is 0 Å². The second-order valence-electron chi connectivity index (χ2n) is 9.12. The zero-order valence-electron chi connectivity index (χ0n) is 18.2. The van der Waals surface area contributed by atoms with Crippen molar-refractivity contribution in [2.45, 2.75) is 51.0 Å². The SMILES string of the molecule is Cn1ncc(-c2cc3cc(CC(=O)C4CCC(F)(F)CC4)ncc3cn2)c1CN1CCC1. The van der Waals surface area contributed by atoms with Crippen LogP contribution in [0.25, 0.3) is 22.0 Å². The molecule has 0 bridgehead atoms. The van der Waals surface area contributed by atoms with E-state index in [0.29, 0.717) is 5.69 Å². The van der Waals surface area contributed by atoms with Crippen molar-refractivity contribution >= 4 is 16.6 Å². The number of Topliss-reactive ketones (excluding diaryl/α,β-unsaturated/α-hetero) is 1. The number of halogens is 2. The van der Waals surface area contributed by atoms with Crippen molar-refractivity contribution < 1.29 is 13.6 Å². The number of likely N-dealkylation sites (tertiary alicyclic amines) is 1. The molecule has 1 saturated carbocycles. The maximum Gasteiger partial charge on any atom is 0.248 e. The fourth-order valence-corrected chi connectivity index (χ4v) is 4.63. The zero-order valence-corrected chi connectivity index (χ0v) is 18.2. The van der Waals surface area contributed by atoms with Crippen LogP contribution in [0.15, 0.2) is 30.7 Å². The van der Waals surface area contributed by atoms with Crippen LogP contribution in [0.5, 0.6) is 0 Å². The molecular formula is C24H27F2N5O. The van der Waals surface area contributed by atoms with Gasteiger partial charge in [0.2, 0.25) is 5.92 Å². The van der Waals surface area contributed by atoms with Gasteiger partial charge in [0.25, 0.3) is 0 Å². The third-order valence-electron chi connectivity index (χ3n) is 6.85. The lowest BCUT2D eigenvalue weighted by molar-refractivity contribution is -0.126. The van der Waals surface area contributed by atoms with Crippen molar-refractivity contribution in [1.82, 2.24) is 24.6 Å². The molecular weight excluding hydrogens is 412 g/mol. The summed E-state index contributed by atoms with van der Waals surface area (Å²) in [4.78, 5) is 24.1. The van der Waals surface area contributed by atoms with Crippen molar-refractivity contribution in [3.63, 3.8) is 0 Å². The van der Waals surface area contributed by atoms with Gasteiger partial charge in [0.15, 0.2) is 0 Å². The number of nitrogens with zero attached hydrogens (tertiary/aromatic N) is 5. The van der Waals surface area contributed by atoms with Crippen molar-refractivity contribution in [2.24, 2.45) is 13.0 Å². The maximum atomic E-state index is 13.4. The number of alkyl halides is 2. The van der Waals surface area contributed by atoms with E-state index in [1.807, 2.05) is 30.1 Å². The van der Waals surface area contributed by atoms with E-state index in [4.69, 9.17) is 0 Å². The predicted octanol–water partition coefficient (Wildman–Crippen LogP) is 4.17. The minimum atomic E-state index is -2.62. The molecule has 5 rings (SSSR count). The highest BCUT2D eigenvalue weighted by molar-refractivity contribution is 5.87. The maximum absolute atomic E-state index is 13.4. The number of carbonyl (C=O) groups is 1. The van der Waals surface area contributed by atoms with Crippen LogP contribution in [0.1, 0.15) is 43.5 Å². The first-order chi connectivity index (χ1) is 15.4. The number of fused-ring (bicyclic) bond motifs is 1. The normalized spacial score (nSPS) is 19.2. The molecule has 4 heterocycles. The predicted molar refractivity (Wildman–Crippen MR) is 117 cm³/mol. The van der Waals surface area contributed by atoms with E-state index in [1.54, 1.807) is 12.4 Å². The number of hydrogen-bond donors (Lipinski definition) is 0. The molecule has 0 radical (unpaired) electrons. The Morgan fingerprint density at radius 3 is 2.56 bits per heavy atom. The molecule has 2 fully saturated rings.